The molecule has 0 spiro atoms. The van der Waals surface area contributed by atoms with Crippen LogP contribution in [0.3, 0.4) is 0 Å². The lowest BCUT2D eigenvalue weighted by molar-refractivity contribution is -0.159. The molecule has 3 aromatic rings. The van der Waals surface area contributed by atoms with Gasteiger partial charge in [0.1, 0.15) is 17.7 Å². The van der Waals surface area contributed by atoms with Crippen LogP contribution in [0.15, 0.2) is 60.7 Å². The number of nitrogens with zero attached hydrogens (tertiary/aromatic N) is 1. The molecule has 1 aliphatic carbocycles. The number of nitrogens with one attached hydrogen (secondary N) is 1. The molecule has 2 bridgehead atoms. The summed E-state index contributed by atoms with van der Waals surface area (Å²) in [5, 5.41) is 16.1. The van der Waals surface area contributed by atoms with Crippen LogP contribution < -0.4 is 29.0 Å². The lowest BCUT2D eigenvalue weighted by atomic mass is 9.75. The average molecular weight is 629 g/mol. The molecule has 7 rings (SSSR count). The normalized spacial score (nSPS) is 27.3. The highest BCUT2D eigenvalue weighted by atomic mass is 16.7. The summed E-state index contributed by atoms with van der Waals surface area (Å²) in [5.74, 6) is -2.75. The predicted molar refractivity (Wildman–Crippen MR) is 164 cm³/mol. The van der Waals surface area contributed by atoms with E-state index < -0.39 is 40.9 Å². The number of ketones is 1. The molecule has 2 N–H and O–H groups in total. The summed E-state index contributed by atoms with van der Waals surface area (Å²) in [4.78, 5) is 44.7. The topological polar surface area (TPSA) is 133 Å². The molecule has 1 saturated heterocycles. The van der Waals surface area contributed by atoms with Gasteiger partial charge in [-0.3, -0.25) is 14.4 Å². The quantitative estimate of drug-likeness (QED) is 0.403. The SMILES string of the molecule is COc1ccc([C@@]23Oc4cc5c(c(OC)c4[C@@](O)(C2=O)[C@@H](C(=O)N2CCC[C@H]2NC(=O)C(C)C)[C@@H]3c2ccccc2)OCO5)cc1. The van der Waals surface area contributed by atoms with Crippen LogP contribution in [0.1, 0.15) is 49.3 Å². The number of benzene rings is 3. The smallest absolute Gasteiger partial charge is 0.231 e. The van der Waals surface area contributed by atoms with Gasteiger partial charge in [-0.15, -0.1) is 0 Å². The van der Waals surface area contributed by atoms with E-state index in [0.717, 1.165) is 0 Å². The molecule has 0 unspecified atom stereocenters. The number of methoxy groups -OCH3 is 2. The zero-order valence-electron chi connectivity index (χ0n) is 26.1. The van der Waals surface area contributed by atoms with E-state index in [1.54, 1.807) is 56.2 Å². The summed E-state index contributed by atoms with van der Waals surface area (Å²) >= 11 is 0. The van der Waals surface area contributed by atoms with Gasteiger partial charge >= 0.3 is 0 Å². The fourth-order valence-corrected chi connectivity index (χ4v) is 7.53. The molecule has 240 valence electrons. The molecule has 46 heavy (non-hydrogen) atoms. The Balaban J connectivity index is 1.50. The van der Waals surface area contributed by atoms with E-state index in [1.807, 2.05) is 30.3 Å². The van der Waals surface area contributed by atoms with Crippen LogP contribution in [0, 0.1) is 11.8 Å². The summed E-state index contributed by atoms with van der Waals surface area (Å²) in [6, 6.07) is 17.6. The van der Waals surface area contributed by atoms with Gasteiger partial charge in [0.2, 0.25) is 35.7 Å². The van der Waals surface area contributed by atoms with Gasteiger partial charge in [0.05, 0.1) is 31.6 Å². The number of carbonyl (C=O) groups is 3. The molecule has 0 radical (unpaired) electrons. The van der Waals surface area contributed by atoms with Crippen LogP contribution in [0.2, 0.25) is 0 Å². The molecule has 11 nitrogen and oxygen atoms in total. The van der Waals surface area contributed by atoms with Crippen molar-refractivity contribution in [3.8, 4) is 28.7 Å². The van der Waals surface area contributed by atoms with Crippen molar-refractivity contribution < 1.29 is 43.2 Å². The van der Waals surface area contributed by atoms with Crippen LogP contribution in [0.5, 0.6) is 28.7 Å². The van der Waals surface area contributed by atoms with Crippen LogP contribution in [0.4, 0.5) is 0 Å². The Kier molecular flexibility index (Phi) is 7.11. The monoisotopic (exact) mass is 628 g/mol. The first kappa shape index (κ1) is 29.9. The van der Waals surface area contributed by atoms with Crippen molar-refractivity contribution in [2.75, 3.05) is 27.6 Å². The van der Waals surface area contributed by atoms with E-state index in [1.165, 1.54) is 7.11 Å². The number of likely N-dealkylation sites (tertiary alicyclic amines) is 1. The van der Waals surface area contributed by atoms with Crippen LogP contribution in [0.25, 0.3) is 0 Å². The largest absolute Gasteiger partial charge is 0.497 e. The Morgan fingerprint density at radius 3 is 2.43 bits per heavy atom. The summed E-state index contributed by atoms with van der Waals surface area (Å²) in [6.45, 7) is 3.82. The average Bonchev–Trinajstić information content (AvgIpc) is 3.76. The summed E-state index contributed by atoms with van der Waals surface area (Å²) in [5.41, 5.74) is -3.20. The number of fused-ring (bicyclic) bond motifs is 5. The second-order valence-electron chi connectivity index (χ2n) is 12.4. The molecule has 0 aromatic heterocycles. The number of rotatable bonds is 7. The molecule has 3 aliphatic heterocycles. The third kappa shape index (κ3) is 4.10. The zero-order valence-corrected chi connectivity index (χ0v) is 26.1. The number of Topliss-reactive ketones (excluding diaryl/α,β-unsaturated/α-hetero) is 1. The minimum Gasteiger partial charge on any atom is -0.497 e. The van der Waals surface area contributed by atoms with E-state index >= 15 is 9.59 Å². The van der Waals surface area contributed by atoms with Crippen molar-refractivity contribution >= 4 is 17.6 Å². The Morgan fingerprint density at radius 2 is 1.76 bits per heavy atom. The van der Waals surface area contributed by atoms with Gasteiger partial charge in [-0.2, -0.15) is 0 Å². The number of carbonyl (C=O) groups excluding carboxylic acids is 3. The summed E-state index contributed by atoms with van der Waals surface area (Å²) in [7, 11) is 2.94. The van der Waals surface area contributed by atoms with Crippen LogP contribution >= 0.6 is 0 Å². The van der Waals surface area contributed by atoms with Gasteiger partial charge in [0, 0.05) is 24.1 Å². The standard InChI is InChI=1S/C35H36N2O9/c1-19(2)31(38)36-25-11-8-16-37(25)32(39)28-26(20-9-6-5-7-10-20)35(21-12-14-22(42-3)15-13-21)33(40)34(28,41)27-23(46-35)17-24-29(30(27)43-4)45-18-44-24/h5-7,9-10,12-15,17,19,25-26,28,41H,8,11,16,18H2,1-4H3,(H,36,38)/t25-,26-,28+,34-,35-/m0/s1. The molecule has 4 aliphatic rings. The number of aliphatic hydroxyl groups is 1. The van der Waals surface area contributed by atoms with Crippen molar-refractivity contribution in [2.24, 2.45) is 11.8 Å². The Morgan fingerprint density at radius 1 is 1.02 bits per heavy atom. The van der Waals surface area contributed by atoms with Crippen molar-refractivity contribution in [1.82, 2.24) is 10.2 Å². The Labute approximate surface area is 266 Å². The lowest BCUT2D eigenvalue weighted by Gasteiger charge is -2.40. The van der Waals surface area contributed by atoms with Crippen molar-refractivity contribution in [3.05, 3.63) is 77.4 Å². The Hall–Kier alpha value is -4.77. The lowest BCUT2D eigenvalue weighted by Crippen LogP contribution is -2.54. The minimum absolute atomic E-state index is 0.00660. The highest BCUT2D eigenvalue weighted by Gasteiger charge is 2.77. The van der Waals surface area contributed by atoms with Crippen LogP contribution in [-0.2, 0) is 25.6 Å². The van der Waals surface area contributed by atoms with Crippen molar-refractivity contribution in [1.29, 1.82) is 0 Å². The Bertz CT molecular complexity index is 1710. The molecule has 5 atom stereocenters. The van der Waals surface area contributed by atoms with E-state index in [9.17, 15) is 9.90 Å². The maximum Gasteiger partial charge on any atom is 0.231 e. The molecule has 1 saturated carbocycles. The maximum absolute atomic E-state index is 15.2. The van der Waals surface area contributed by atoms with Gasteiger partial charge < -0.3 is 39.0 Å². The molecular weight excluding hydrogens is 592 g/mol. The third-order valence-corrected chi connectivity index (χ3v) is 9.66. The number of hydrogen-bond donors (Lipinski definition) is 2. The molecule has 11 heteroatoms. The maximum atomic E-state index is 15.2. The number of amides is 2. The fraction of sp³-hybridized carbons (Fsp3) is 0.400. The molecule has 3 heterocycles. The fourth-order valence-electron chi connectivity index (χ4n) is 7.53. The van der Waals surface area contributed by atoms with Gasteiger partial charge in [0.15, 0.2) is 17.1 Å². The van der Waals surface area contributed by atoms with Gasteiger partial charge in [0.25, 0.3) is 0 Å². The second-order valence-corrected chi connectivity index (χ2v) is 12.4. The van der Waals surface area contributed by atoms with Gasteiger partial charge in [-0.05, 0) is 30.5 Å². The van der Waals surface area contributed by atoms with Crippen LogP contribution in [-0.4, -0.2) is 61.3 Å². The van der Waals surface area contributed by atoms with E-state index in [0.29, 0.717) is 42.0 Å². The zero-order chi connectivity index (χ0) is 32.4. The number of ether oxygens (including phenoxy) is 5. The van der Waals surface area contributed by atoms with E-state index in [2.05, 4.69) is 5.32 Å². The summed E-state index contributed by atoms with van der Waals surface area (Å²) in [6.07, 6.45) is 0.578. The molecule has 3 aromatic carbocycles. The molecule has 2 fully saturated rings. The first-order valence-electron chi connectivity index (χ1n) is 15.4. The first-order valence-corrected chi connectivity index (χ1v) is 15.4. The van der Waals surface area contributed by atoms with Crippen molar-refractivity contribution in [3.63, 3.8) is 0 Å². The van der Waals surface area contributed by atoms with Crippen molar-refractivity contribution in [2.45, 2.75) is 50.0 Å². The number of hydrogen-bond acceptors (Lipinski definition) is 9. The first-order chi connectivity index (χ1) is 22.2. The molecular formula is C35H36N2O9. The second kappa shape index (κ2) is 10.9. The molecule has 2 amide bonds. The van der Waals surface area contributed by atoms with Gasteiger partial charge in [-0.25, -0.2) is 0 Å². The highest BCUT2D eigenvalue weighted by molar-refractivity contribution is 6.08. The van der Waals surface area contributed by atoms with Gasteiger partial charge in [-0.1, -0.05) is 56.3 Å². The predicted octanol–water partition coefficient (Wildman–Crippen LogP) is 3.61. The highest BCUT2D eigenvalue weighted by Crippen LogP contribution is 2.68. The minimum atomic E-state index is -2.42. The summed E-state index contributed by atoms with van der Waals surface area (Å²) < 4.78 is 29.4. The van der Waals surface area contributed by atoms with E-state index in [4.69, 9.17) is 23.7 Å². The van der Waals surface area contributed by atoms with E-state index in [-0.39, 0.29) is 41.4 Å². The third-order valence-electron chi connectivity index (χ3n) is 9.66.